The minimum atomic E-state index is -0.427. The lowest BCUT2D eigenvalue weighted by atomic mass is 10.2. The average molecular weight is 417 g/mol. The number of para-hydroxylation sites is 1. The molecule has 0 aliphatic heterocycles. The Kier molecular flexibility index (Phi) is 10.7. The molecule has 1 atom stereocenters. The third-order valence-electron chi connectivity index (χ3n) is 3.98. The van der Waals surface area contributed by atoms with Crippen LogP contribution >= 0.6 is 11.8 Å². The standard InChI is InChI=1S/C23H28O5S/c1-2-3-15-26-22(24)14-16-29-18-21(17-27-20-12-8-5-9-13-20)28-23(25)19-10-6-4-7-11-19/h4-13,21H,2-3,14-18H2,1H3. The molecule has 0 fully saturated rings. The summed E-state index contributed by atoms with van der Waals surface area (Å²) in [6.45, 7) is 2.77. The van der Waals surface area contributed by atoms with Gasteiger partial charge in [-0.25, -0.2) is 4.79 Å². The summed E-state index contributed by atoms with van der Waals surface area (Å²) in [5.74, 6) is 1.29. The molecule has 0 amide bonds. The Balaban J connectivity index is 1.81. The first-order chi connectivity index (χ1) is 14.2. The number of carbonyl (C=O) groups excluding carboxylic acids is 2. The highest BCUT2D eigenvalue weighted by molar-refractivity contribution is 7.99. The first-order valence-electron chi connectivity index (χ1n) is 9.86. The molecule has 0 heterocycles. The molecule has 29 heavy (non-hydrogen) atoms. The lowest BCUT2D eigenvalue weighted by Crippen LogP contribution is -2.28. The van der Waals surface area contributed by atoms with Crippen molar-refractivity contribution in [2.75, 3.05) is 24.7 Å². The van der Waals surface area contributed by atoms with Crippen molar-refractivity contribution in [1.82, 2.24) is 0 Å². The van der Waals surface area contributed by atoms with E-state index in [4.69, 9.17) is 14.2 Å². The first kappa shape index (κ1) is 22.8. The second kappa shape index (κ2) is 13.7. The van der Waals surface area contributed by atoms with Crippen molar-refractivity contribution in [3.63, 3.8) is 0 Å². The fourth-order valence-corrected chi connectivity index (χ4v) is 3.29. The molecule has 0 bridgehead atoms. The quantitative estimate of drug-likeness (QED) is 0.347. The summed E-state index contributed by atoms with van der Waals surface area (Å²) in [5, 5.41) is 0. The molecule has 2 aromatic rings. The Bertz CT molecular complexity index is 721. The normalized spacial score (nSPS) is 11.5. The van der Waals surface area contributed by atoms with Crippen molar-refractivity contribution in [2.24, 2.45) is 0 Å². The van der Waals surface area contributed by atoms with Crippen LogP contribution in [0.5, 0.6) is 5.75 Å². The topological polar surface area (TPSA) is 61.8 Å². The van der Waals surface area contributed by atoms with Crippen LogP contribution in [-0.2, 0) is 14.3 Å². The number of esters is 2. The molecule has 2 rings (SSSR count). The van der Waals surface area contributed by atoms with Gasteiger partial charge in [-0.2, -0.15) is 11.8 Å². The summed E-state index contributed by atoms with van der Waals surface area (Å²) in [6.07, 6.45) is 1.79. The van der Waals surface area contributed by atoms with Gasteiger partial charge < -0.3 is 14.2 Å². The number of benzene rings is 2. The lowest BCUT2D eigenvalue weighted by molar-refractivity contribution is -0.143. The van der Waals surface area contributed by atoms with Crippen molar-refractivity contribution >= 4 is 23.7 Å². The van der Waals surface area contributed by atoms with E-state index in [0.717, 1.165) is 18.6 Å². The fraction of sp³-hybridized carbons (Fsp3) is 0.391. The fourth-order valence-electron chi connectivity index (χ4n) is 2.39. The van der Waals surface area contributed by atoms with Gasteiger partial charge >= 0.3 is 11.9 Å². The number of hydrogen-bond acceptors (Lipinski definition) is 6. The molecule has 0 N–H and O–H groups in total. The van der Waals surface area contributed by atoms with Crippen LogP contribution in [0.3, 0.4) is 0 Å². The number of rotatable bonds is 13. The summed E-state index contributed by atoms with van der Waals surface area (Å²) in [5.41, 5.74) is 0.502. The highest BCUT2D eigenvalue weighted by atomic mass is 32.2. The van der Waals surface area contributed by atoms with Crippen molar-refractivity contribution < 1.29 is 23.8 Å². The zero-order valence-corrected chi connectivity index (χ0v) is 17.6. The molecule has 156 valence electrons. The van der Waals surface area contributed by atoms with Crippen LogP contribution in [0.4, 0.5) is 0 Å². The predicted octanol–water partition coefficient (Wildman–Crippen LogP) is 4.76. The van der Waals surface area contributed by atoms with Crippen LogP contribution in [0.25, 0.3) is 0 Å². The van der Waals surface area contributed by atoms with E-state index in [9.17, 15) is 9.59 Å². The summed E-state index contributed by atoms with van der Waals surface area (Å²) >= 11 is 1.54. The third kappa shape index (κ3) is 9.52. The predicted molar refractivity (Wildman–Crippen MR) is 115 cm³/mol. The summed E-state index contributed by atoms with van der Waals surface area (Å²) in [7, 11) is 0. The van der Waals surface area contributed by atoms with Crippen molar-refractivity contribution in [2.45, 2.75) is 32.3 Å². The van der Waals surface area contributed by atoms with Crippen molar-refractivity contribution in [3.8, 4) is 5.75 Å². The second-order valence-corrected chi connectivity index (χ2v) is 7.57. The van der Waals surface area contributed by atoms with E-state index in [0.29, 0.717) is 30.1 Å². The number of ether oxygens (including phenoxy) is 3. The van der Waals surface area contributed by atoms with Crippen LogP contribution in [0, 0.1) is 0 Å². The zero-order chi connectivity index (χ0) is 20.7. The Hall–Kier alpha value is -2.47. The minimum Gasteiger partial charge on any atom is -0.490 e. The molecule has 0 aromatic heterocycles. The van der Waals surface area contributed by atoms with Crippen molar-refractivity contribution in [3.05, 3.63) is 66.2 Å². The molecule has 0 radical (unpaired) electrons. The van der Waals surface area contributed by atoms with E-state index in [1.54, 1.807) is 36.0 Å². The van der Waals surface area contributed by atoms with Crippen LogP contribution in [0.2, 0.25) is 0 Å². The molecular weight excluding hydrogens is 388 g/mol. The number of unbranched alkanes of at least 4 members (excludes halogenated alkanes) is 1. The van der Waals surface area contributed by atoms with Gasteiger partial charge in [0.25, 0.3) is 0 Å². The van der Waals surface area contributed by atoms with Crippen molar-refractivity contribution in [1.29, 1.82) is 0 Å². The van der Waals surface area contributed by atoms with E-state index in [-0.39, 0.29) is 18.5 Å². The largest absolute Gasteiger partial charge is 0.490 e. The van der Waals surface area contributed by atoms with E-state index in [1.807, 2.05) is 36.4 Å². The molecular formula is C23H28O5S. The van der Waals surface area contributed by atoms with Crippen LogP contribution in [0.1, 0.15) is 36.5 Å². The van der Waals surface area contributed by atoms with Gasteiger partial charge in [0, 0.05) is 11.5 Å². The maximum Gasteiger partial charge on any atom is 0.338 e. The Labute approximate surface area is 176 Å². The Morgan fingerprint density at radius 3 is 2.38 bits per heavy atom. The number of hydrogen-bond donors (Lipinski definition) is 0. The third-order valence-corrected chi connectivity index (χ3v) is 5.08. The van der Waals surface area contributed by atoms with Gasteiger partial charge in [0.2, 0.25) is 0 Å². The molecule has 0 saturated heterocycles. The molecule has 5 nitrogen and oxygen atoms in total. The van der Waals surface area contributed by atoms with E-state index in [1.165, 1.54) is 0 Å². The summed E-state index contributed by atoms with van der Waals surface area (Å²) in [4.78, 5) is 24.1. The number of carbonyl (C=O) groups is 2. The lowest BCUT2D eigenvalue weighted by Gasteiger charge is -2.18. The van der Waals surface area contributed by atoms with Gasteiger partial charge in [0.1, 0.15) is 18.5 Å². The van der Waals surface area contributed by atoms with E-state index < -0.39 is 6.10 Å². The maximum atomic E-state index is 12.4. The highest BCUT2D eigenvalue weighted by Gasteiger charge is 2.17. The summed E-state index contributed by atoms with van der Waals surface area (Å²) in [6, 6.07) is 18.3. The van der Waals surface area contributed by atoms with E-state index >= 15 is 0 Å². The van der Waals surface area contributed by atoms with Gasteiger partial charge in [-0.1, -0.05) is 49.7 Å². The Morgan fingerprint density at radius 1 is 1.00 bits per heavy atom. The van der Waals surface area contributed by atoms with Gasteiger partial charge in [-0.3, -0.25) is 4.79 Å². The highest BCUT2D eigenvalue weighted by Crippen LogP contribution is 2.14. The van der Waals surface area contributed by atoms with Crippen LogP contribution in [0.15, 0.2) is 60.7 Å². The average Bonchev–Trinajstić information content (AvgIpc) is 2.76. The van der Waals surface area contributed by atoms with Crippen LogP contribution < -0.4 is 4.74 Å². The van der Waals surface area contributed by atoms with Gasteiger partial charge in [-0.05, 0) is 30.7 Å². The monoisotopic (exact) mass is 416 g/mol. The Morgan fingerprint density at radius 2 is 1.69 bits per heavy atom. The molecule has 0 aliphatic carbocycles. The summed E-state index contributed by atoms with van der Waals surface area (Å²) < 4.78 is 16.6. The van der Waals surface area contributed by atoms with Crippen LogP contribution in [-0.4, -0.2) is 42.8 Å². The first-order valence-corrected chi connectivity index (χ1v) is 11.0. The smallest absolute Gasteiger partial charge is 0.338 e. The minimum absolute atomic E-state index is 0.190. The van der Waals surface area contributed by atoms with Gasteiger partial charge in [-0.15, -0.1) is 0 Å². The molecule has 0 aliphatic rings. The zero-order valence-electron chi connectivity index (χ0n) is 16.8. The second-order valence-electron chi connectivity index (χ2n) is 6.42. The molecule has 2 aromatic carbocycles. The molecule has 1 unspecified atom stereocenters. The van der Waals surface area contributed by atoms with E-state index in [2.05, 4.69) is 6.92 Å². The SMILES string of the molecule is CCCCOC(=O)CCSCC(COc1ccccc1)OC(=O)c1ccccc1. The number of thioether (sulfide) groups is 1. The van der Waals surface area contributed by atoms with Gasteiger partial charge in [0.05, 0.1) is 18.6 Å². The maximum absolute atomic E-state index is 12.4. The molecule has 6 heteroatoms. The molecule has 0 saturated carbocycles. The molecule has 0 spiro atoms. The van der Waals surface area contributed by atoms with Gasteiger partial charge in [0.15, 0.2) is 0 Å².